The van der Waals surface area contributed by atoms with Crippen LogP contribution in [0.4, 0.5) is 4.79 Å². The maximum atomic E-state index is 12.1. The summed E-state index contributed by atoms with van der Waals surface area (Å²) in [5, 5.41) is 0. The molecule has 0 aliphatic carbocycles. The van der Waals surface area contributed by atoms with Crippen LogP contribution in [0.25, 0.3) is 0 Å². The third-order valence-corrected chi connectivity index (χ3v) is 3.65. The number of para-hydroxylation sites is 2. The van der Waals surface area contributed by atoms with Gasteiger partial charge in [0.25, 0.3) is 0 Å². The van der Waals surface area contributed by atoms with Crippen LogP contribution in [0, 0.1) is 0 Å². The fourth-order valence-electron chi connectivity index (χ4n) is 2.46. The average molecular weight is 312 g/mol. The summed E-state index contributed by atoms with van der Waals surface area (Å²) in [5.41, 5.74) is 2.05. The zero-order chi connectivity index (χ0) is 16.5. The average Bonchev–Trinajstić information content (AvgIpc) is 2.56. The maximum Gasteiger partial charge on any atom is 0.519 e. The van der Waals surface area contributed by atoms with E-state index in [2.05, 4.69) is 13.8 Å². The summed E-state index contributed by atoms with van der Waals surface area (Å²) < 4.78 is 10.8. The Balaban J connectivity index is 2.05. The molecule has 0 spiro atoms. The van der Waals surface area contributed by atoms with Crippen LogP contribution in [-0.4, -0.2) is 6.16 Å². The van der Waals surface area contributed by atoms with Gasteiger partial charge in [0.1, 0.15) is 11.5 Å². The maximum absolute atomic E-state index is 12.1. The van der Waals surface area contributed by atoms with Crippen molar-refractivity contribution in [2.24, 2.45) is 0 Å². The molecule has 122 valence electrons. The van der Waals surface area contributed by atoms with E-state index in [1.807, 2.05) is 42.5 Å². The smallest absolute Gasteiger partial charge is 0.394 e. The molecule has 0 saturated heterocycles. The first-order chi connectivity index (χ1) is 11.2. The van der Waals surface area contributed by atoms with Gasteiger partial charge in [-0.1, -0.05) is 63.1 Å². The number of hydrogen-bond donors (Lipinski definition) is 0. The highest BCUT2D eigenvalue weighted by Gasteiger charge is 2.13. The second-order valence-electron chi connectivity index (χ2n) is 5.52. The van der Waals surface area contributed by atoms with Gasteiger partial charge in [-0.3, -0.25) is 0 Å². The molecule has 0 aliphatic rings. The first-order valence-corrected chi connectivity index (χ1v) is 8.30. The molecule has 0 saturated carbocycles. The Kier molecular flexibility index (Phi) is 6.67. The van der Waals surface area contributed by atoms with Crippen LogP contribution in [0.3, 0.4) is 0 Å². The Labute approximate surface area is 138 Å². The molecule has 0 bridgehead atoms. The van der Waals surface area contributed by atoms with Gasteiger partial charge in [0.2, 0.25) is 0 Å². The van der Waals surface area contributed by atoms with Gasteiger partial charge in [-0.25, -0.2) is 4.79 Å². The Morgan fingerprint density at radius 2 is 1.30 bits per heavy atom. The molecule has 3 nitrogen and oxygen atoms in total. The van der Waals surface area contributed by atoms with E-state index in [4.69, 9.17) is 9.47 Å². The highest BCUT2D eigenvalue weighted by Crippen LogP contribution is 2.23. The molecular formula is C20H24O3. The molecule has 0 amide bonds. The first kappa shape index (κ1) is 17.1. The Morgan fingerprint density at radius 1 is 0.783 bits per heavy atom. The monoisotopic (exact) mass is 312 g/mol. The number of hydrogen-bond acceptors (Lipinski definition) is 3. The van der Waals surface area contributed by atoms with Crippen molar-refractivity contribution in [3.63, 3.8) is 0 Å². The number of rotatable bonds is 7. The zero-order valence-corrected chi connectivity index (χ0v) is 13.9. The predicted octanol–water partition coefficient (Wildman–Crippen LogP) is 5.56. The summed E-state index contributed by atoms with van der Waals surface area (Å²) in [6, 6.07) is 15.2. The third kappa shape index (κ3) is 5.13. The fraction of sp³-hybridized carbons (Fsp3) is 0.350. The van der Waals surface area contributed by atoms with Crippen LogP contribution in [0.15, 0.2) is 48.5 Å². The molecule has 23 heavy (non-hydrogen) atoms. The van der Waals surface area contributed by atoms with E-state index in [0.29, 0.717) is 11.5 Å². The number of ether oxygens (including phenoxy) is 2. The molecule has 3 heteroatoms. The first-order valence-electron chi connectivity index (χ1n) is 8.30. The van der Waals surface area contributed by atoms with Gasteiger partial charge >= 0.3 is 6.16 Å². The van der Waals surface area contributed by atoms with Gasteiger partial charge in [0, 0.05) is 0 Å². The number of benzene rings is 2. The standard InChI is InChI=1S/C20H24O3/c1-3-5-11-17-13-7-9-15-19(17)23-20(21)22-18-14-8-6-12-16(18)10-4-2/h6-9,12-15H,3-5,10-11H2,1-2H3. The van der Waals surface area contributed by atoms with Crippen molar-refractivity contribution in [3.8, 4) is 11.5 Å². The quantitative estimate of drug-likeness (QED) is 0.496. The topological polar surface area (TPSA) is 35.5 Å². The summed E-state index contributed by atoms with van der Waals surface area (Å²) >= 11 is 0. The summed E-state index contributed by atoms with van der Waals surface area (Å²) in [7, 11) is 0. The lowest BCUT2D eigenvalue weighted by Gasteiger charge is -2.11. The van der Waals surface area contributed by atoms with Crippen molar-refractivity contribution >= 4 is 6.16 Å². The second-order valence-corrected chi connectivity index (χ2v) is 5.52. The molecule has 0 heterocycles. The van der Waals surface area contributed by atoms with Crippen molar-refractivity contribution < 1.29 is 14.3 Å². The fourth-order valence-corrected chi connectivity index (χ4v) is 2.46. The van der Waals surface area contributed by atoms with Crippen LogP contribution >= 0.6 is 0 Å². The third-order valence-electron chi connectivity index (χ3n) is 3.65. The Hall–Kier alpha value is -2.29. The number of carbonyl (C=O) groups excluding carboxylic acids is 1. The molecule has 0 aliphatic heterocycles. The predicted molar refractivity (Wildman–Crippen MR) is 92.1 cm³/mol. The van der Waals surface area contributed by atoms with E-state index in [-0.39, 0.29) is 0 Å². The minimum atomic E-state index is -0.683. The lowest BCUT2D eigenvalue weighted by atomic mass is 10.1. The molecule has 2 aromatic carbocycles. The largest absolute Gasteiger partial charge is 0.519 e. The van der Waals surface area contributed by atoms with Gasteiger partial charge in [-0.05, 0) is 42.5 Å². The minimum Gasteiger partial charge on any atom is -0.394 e. The summed E-state index contributed by atoms with van der Waals surface area (Å²) in [5.74, 6) is 1.16. The molecular weight excluding hydrogens is 288 g/mol. The van der Waals surface area contributed by atoms with E-state index in [0.717, 1.165) is 43.2 Å². The van der Waals surface area contributed by atoms with E-state index in [1.165, 1.54) is 0 Å². The molecule has 0 aromatic heterocycles. The molecule has 0 radical (unpaired) electrons. The molecule has 0 atom stereocenters. The summed E-state index contributed by atoms with van der Waals surface area (Å²) in [6.07, 6.45) is 4.24. The van der Waals surface area contributed by atoms with Crippen molar-refractivity contribution in [2.75, 3.05) is 0 Å². The number of aryl methyl sites for hydroxylation is 2. The lowest BCUT2D eigenvalue weighted by molar-refractivity contribution is 0.151. The van der Waals surface area contributed by atoms with Crippen molar-refractivity contribution in [1.29, 1.82) is 0 Å². The van der Waals surface area contributed by atoms with E-state index in [1.54, 1.807) is 6.07 Å². The second kappa shape index (κ2) is 8.99. The number of carbonyl (C=O) groups is 1. The highest BCUT2D eigenvalue weighted by molar-refractivity contribution is 5.68. The molecule has 0 fully saturated rings. The van der Waals surface area contributed by atoms with Crippen molar-refractivity contribution in [1.82, 2.24) is 0 Å². The van der Waals surface area contributed by atoms with Crippen LogP contribution in [0.2, 0.25) is 0 Å². The molecule has 2 aromatic rings. The van der Waals surface area contributed by atoms with E-state index in [9.17, 15) is 4.79 Å². The lowest BCUT2D eigenvalue weighted by Crippen LogP contribution is -2.15. The summed E-state index contributed by atoms with van der Waals surface area (Å²) in [6.45, 7) is 4.24. The van der Waals surface area contributed by atoms with Gasteiger partial charge in [0.05, 0.1) is 0 Å². The highest BCUT2D eigenvalue weighted by atomic mass is 16.7. The van der Waals surface area contributed by atoms with Crippen molar-refractivity contribution in [2.45, 2.75) is 46.0 Å². The van der Waals surface area contributed by atoms with Crippen LogP contribution in [0.1, 0.15) is 44.2 Å². The van der Waals surface area contributed by atoms with Gasteiger partial charge in [-0.15, -0.1) is 0 Å². The van der Waals surface area contributed by atoms with Crippen LogP contribution in [0.5, 0.6) is 11.5 Å². The van der Waals surface area contributed by atoms with E-state index < -0.39 is 6.16 Å². The Morgan fingerprint density at radius 3 is 1.83 bits per heavy atom. The molecule has 0 unspecified atom stereocenters. The normalized spacial score (nSPS) is 10.3. The summed E-state index contributed by atoms with van der Waals surface area (Å²) in [4.78, 5) is 12.1. The van der Waals surface area contributed by atoms with E-state index >= 15 is 0 Å². The SMILES string of the molecule is CCCCc1ccccc1OC(=O)Oc1ccccc1CCC. The van der Waals surface area contributed by atoms with Gasteiger partial charge in [0.15, 0.2) is 0 Å². The molecule has 2 rings (SSSR count). The minimum absolute atomic E-state index is 0.574. The zero-order valence-electron chi connectivity index (χ0n) is 13.9. The van der Waals surface area contributed by atoms with Crippen LogP contribution < -0.4 is 9.47 Å². The van der Waals surface area contributed by atoms with Gasteiger partial charge < -0.3 is 9.47 Å². The van der Waals surface area contributed by atoms with Gasteiger partial charge in [-0.2, -0.15) is 0 Å². The van der Waals surface area contributed by atoms with Crippen LogP contribution in [-0.2, 0) is 12.8 Å². The number of unbranched alkanes of at least 4 members (excludes halogenated alkanes) is 1. The Bertz CT molecular complexity index is 634. The molecule has 0 N–H and O–H groups in total. The van der Waals surface area contributed by atoms with Crippen molar-refractivity contribution in [3.05, 3.63) is 59.7 Å².